The molecule has 8 atom stereocenters. The van der Waals surface area contributed by atoms with Gasteiger partial charge in [0.15, 0.2) is 17.9 Å². The number of hydrogen-bond donors (Lipinski definition) is 0. The quantitative estimate of drug-likeness (QED) is 0.717. The van der Waals surface area contributed by atoms with Gasteiger partial charge in [0.25, 0.3) is 0 Å². The van der Waals surface area contributed by atoms with E-state index in [-0.39, 0.29) is 30.5 Å². The first-order chi connectivity index (χ1) is 13.0. The normalized spacial score (nSPS) is 47.6. The van der Waals surface area contributed by atoms with Crippen LogP contribution in [0.25, 0.3) is 0 Å². The van der Waals surface area contributed by atoms with Gasteiger partial charge in [-0.05, 0) is 58.3 Å². The zero-order chi connectivity index (χ0) is 20.3. The van der Waals surface area contributed by atoms with E-state index in [0.717, 1.165) is 6.42 Å². The van der Waals surface area contributed by atoms with E-state index in [1.807, 2.05) is 27.7 Å². The van der Waals surface area contributed by atoms with Crippen LogP contribution in [0.2, 0.25) is 0 Å². The highest BCUT2D eigenvalue weighted by Crippen LogP contribution is 2.44. The van der Waals surface area contributed by atoms with E-state index < -0.39 is 17.9 Å². The molecule has 3 saturated heterocycles. The molecular weight excluding hydrogens is 360 g/mol. The van der Waals surface area contributed by atoms with Crippen molar-refractivity contribution in [3.63, 3.8) is 0 Å². The fraction of sp³-hybridized carbons (Fsp3) is 1.00. The van der Waals surface area contributed by atoms with E-state index in [1.54, 1.807) is 0 Å². The lowest BCUT2D eigenvalue weighted by Crippen LogP contribution is -2.41. The lowest BCUT2D eigenvalue weighted by molar-refractivity contribution is -0.265. The Balaban J connectivity index is 1.50. The van der Waals surface area contributed by atoms with Crippen molar-refractivity contribution >= 4 is 0 Å². The molecule has 0 spiro atoms. The summed E-state index contributed by atoms with van der Waals surface area (Å²) >= 11 is 0. The van der Waals surface area contributed by atoms with Crippen LogP contribution in [0.1, 0.15) is 67.7 Å². The Morgan fingerprint density at radius 1 is 0.893 bits per heavy atom. The van der Waals surface area contributed by atoms with Crippen molar-refractivity contribution < 1.29 is 28.4 Å². The second-order valence-electron chi connectivity index (χ2n) is 10.4. The standard InChI is InChI=1S/C22H38O6/c1-12(2)14-9-8-13(3)10-15(14)24-20-19-18(27-22(6,7)28-19)17(25-20)16-11-23-21(4,5)26-16/h12-20H,8-11H2,1-7H3/t13-,14+,15-,16-,17-,18+,19+,20+/m1/s1. The second-order valence-corrected chi connectivity index (χ2v) is 10.4. The number of hydrogen-bond acceptors (Lipinski definition) is 6. The van der Waals surface area contributed by atoms with Crippen molar-refractivity contribution in [2.75, 3.05) is 6.61 Å². The number of rotatable bonds is 4. The average molecular weight is 399 g/mol. The van der Waals surface area contributed by atoms with Gasteiger partial charge >= 0.3 is 0 Å². The van der Waals surface area contributed by atoms with Crippen LogP contribution < -0.4 is 0 Å². The third-order valence-corrected chi connectivity index (χ3v) is 6.71. The molecule has 28 heavy (non-hydrogen) atoms. The van der Waals surface area contributed by atoms with E-state index in [9.17, 15) is 0 Å². The molecular formula is C22H38O6. The molecule has 4 rings (SSSR count). The maximum atomic E-state index is 6.62. The molecule has 3 heterocycles. The summed E-state index contributed by atoms with van der Waals surface area (Å²) < 4.78 is 37.3. The Morgan fingerprint density at radius 3 is 2.25 bits per heavy atom. The molecule has 1 aliphatic carbocycles. The van der Waals surface area contributed by atoms with Crippen LogP contribution in [-0.4, -0.2) is 55.0 Å². The molecule has 0 amide bonds. The Labute approximate surface area is 169 Å². The van der Waals surface area contributed by atoms with Crippen LogP contribution in [0.15, 0.2) is 0 Å². The van der Waals surface area contributed by atoms with Gasteiger partial charge in [-0.3, -0.25) is 0 Å². The summed E-state index contributed by atoms with van der Waals surface area (Å²) in [5.41, 5.74) is 0. The molecule has 0 radical (unpaired) electrons. The van der Waals surface area contributed by atoms with Gasteiger partial charge in [-0.1, -0.05) is 27.2 Å². The van der Waals surface area contributed by atoms with Gasteiger partial charge in [-0.15, -0.1) is 0 Å². The van der Waals surface area contributed by atoms with Gasteiger partial charge in [-0.25, -0.2) is 0 Å². The minimum Gasteiger partial charge on any atom is -0.348 e. The van der Waals surface area contributed by atoms with Gasteiger partial charge in [-0.2, -0.15) is 0 Å². The van der Waals surface area contributed by atoms with Crippen LogP contribution >= 0.6 is 0 Å². The smallest absolute Gasteiger partial charge is 0.187 e. The van der Waals surface area contributed by atoms with E-state index in [4.69, 9.17) is 28.4 Å². The van der Waals surface area contributed by atoms with Crippen molar-refractivity contribution in [1.29, 1.82) is 0 Å². The van der Waals surface area contributed by atoms with Gasteiger partial charge in [0, 0.05) is 0 Å². The van der Waals surface area contributed by atoms with Crippen molar-refractivity contribution in [1.82, 2.24) is 0 Å². The fourth-order valence-corrected chi connectivity index (χ4v) is 5.32. The molecule has 4 aliphatic rings. The van der Waals surface area contributed by atoms with Crippen molar-refractivity contribution in [3.8, 4) is 0 Å². The molecule has 1 saturated carbocycles. The van der Waals surface area contributed by atoms with E-state index in [2.05, 4.69) is 20.8 Å². The first-order valence-corrected chi connectivity index (χ1v) is 11.0. The minimum atomic E-state index is -0.648. The molecule has 0 bridgehead atoms. The molecule has 0 aromatic rings. The van der Waals surface area contributed by atoms with Crippen LogP contribution in [-0.2, 0) is 28.4 Å². The lowest BCUT2D eigenvalue weighted by atomic mass is 9.75. The summed E-state index contributed by atoms with van der Waals surface area (Å²) in [7, 11) is 0. The largest absolute Gasteiger partial charge is 0.348 e. The molecule has 0 N–H and O–H groups in total. The van der Waals surface area contributed by atoms with E-state index >= 15 is 0 Å². The molecule has 0 aromatic heterocycles. The van der Waals surface area contributed by atoms with Crippen molar-refractivity contribution in [2.24, 2.45) is 17.8 Å². The van der Waals surface area contributed by atoms with Crippen LogP contribution in [0, 0.1) is 17.8 Å². The molecule has 0 aromatic carbocycles. The highest BCUT2D eigenvalue weighted by Gasteiger charge is 2.60. The van der Waals surface area contributed by atoms with Gasteiger partial charge in [0.2, 0.25) is 0 Å². The molecule has 6 nitrogen and oxygen atoms in total. The fourth-order valence-electron chi connectivity index (χ4n) is 5.32. The number of ether oxygens (including phenoxy) is 6. The van der Waals surface area contributed by atoms with Crippen molar-refractivity contribution in [2.45, 2.75) is 116 Å². The molecule has 6 heteroatoms. The maximum absolute atomic E-state index is 6.62. The highest BCUT2D eigenvalue weighted by atomic mass is 16.8. The van der Waals surface area contributed by atoms with Gasteiger partial charge in [0.1, 0.15) is 24.4 Å². The highest BCUT2D eigenvalue weighted by molar-refractivity contribution is 5.00. The molecule has 3 aliphatic heterocycles. The van der Waals surface area contributed by atoms with E-state index in [0.29, 0.717) is 24.4 Å². The average Bonchev–Trinajstić information content (AvgIpc) is 3.18. The summed E-state index contributed by atoms with van der Waals surface area (Å²) in [5, 5.41) is 0. The first kappa shape index (κ1) is 21.0. The topological polar surface area (TPSA) is 55.4 Å². The SMILES string of the molecule is CC(C)[C@@H]1CC[C@@H](C)C[C@H]1O[C@H]1O[C@H]([C@H]2COC(C)(C)O2)[C@@H]2OC(C)(C)O[C@H]12. The second kappa shape index (κ2) is 7.47. The Hall–Kier alpha value is -0.240. The lowest BCUT2D eigenvalue weighted by Gasteiger charge is -2.39. The summed E-state index contributed by atoms with van der Waals surface area (Å²) in [4.78, 5) is 0. The summed E-state index contributed by atoms with van der Waals surface area (Å²) in [5.74, 6) is 0.578. The van der Waals surface area contributed by atoms with Crippen LogP contribution in [0.5, 0.6) is 0 Å². The number of fused-ring (bicyclic) bond motifs is 1. The summed E-state index contributed by atoms with van der Waals surface area (Å²) in [6.07, 6.45) is 2.45. The summed E-state index contributed by atoms with van der Waals surface area (Å²) in [6.45, 7) is 15.2. The zero-order valence-electron chi connectivity index (χ0n) is 18.5. The van der Waals surface area contributed by atoms with Gasteiger partial charge in [0.05, 0.1) is 12.7 Å². The third kappa shape index (κ3) is 4.14. The zero-order valence-corrected chi connectivity index (χ0v) is 18.5. The van der Waals surface area contributed by atoms with Crippen LogP contribution in [0.4, 0.5) is 0 Å². The third-order valence-electron chi connectivity index (χ3n) is 6.71. The molecule has 0 unspecified atom stereocenters. The monoisotopic (exact) mass is 398 g/mol. The molecule has 162 valence electrons. The van der Waals surface area contributed by atoms with Crippen molar-refractivity contribution in [3.05, 3.63) is 0 Å². The Bertz CT molecular complexity index is 561. The predicted octanol–water partition coefficient (Wildman–Crippen LogP) is 3.86. The molecule has 4 fully saturated rings. The first-order valence-electron chi connectivity index (χ1n) is 11.0. The maximum Gasteiger partial charge on any atom is 0.187 e. The van der Waals surface area contributed by atoms with E-state index in [1.165, 1.54) is 12.8 Å². The van der Waals surface area contributed by atoms with Gasteiger partial charge < -0.3 is 28.4 Å². The predicted molar refractivity (Wildman–Crippen MR) is 104 cm³/mol. The minimum absolute atomic E-state index is 0.181. The Kier molecular flexibility index (Phi) is 5.60. The van der Waals surface area contributed by atoms with Crippen LogP contribution in [0.3, 0.4) is 0 Å². The summed E-state index contributed by atoms with van der Waals surface area (Å²) in [6, 6.07) is 0. The Morgan fingerprint density at radius 2 is 1.61 bits per heavy atom.